The zero-order chi connectivity index (χ0) is 115. The van der Waals surface area contributed by atoms with Crippen molar-refractivity contribution in [2.45, 2.75) is 291 Å². The lowest BCUT2D eigenvalue weighted by Crippen LogP contribution is -2.65. The Balaban J connectivity index is 0.000000445. The number of likely N-dealkylation sites (N-methyl/N-ethyl adjacent to an activating group) is 7. The number of hydrogen-bond acceptors (Lipinski definition) is 22. The lowest BCUT2D eigenvalue weighted by molar-refractivity contribution is -0.965. The Morgan fingerprint density at radius 2 is 0.500 bits per heavy atom. The van der Waals surface area contributed by atoms with Gasteiger partial charge in [0.25, 0.3) is 0 Å². The van der Waals surface area contributed by atoms with Crippen molar-refractivity contribution in [3.8, 4) is 86.2 Å². The van der Waals surface area contributed by atoms with Crippen LogP contribution in [0, 0.1) is 0 Å². The molecule has 29 nitrogen and oxygen atoms in total. The summed E-state index contributed by atoms with van der Waals surface area (Å²) in [4.78, 5) is 0. The summed E-state index contributed by atoms with van der Waals surface area (Å²) in [6, 6.07) is 45.8. The molecule has 0 aromatic heterocycles. The van der Waals surface area contributed by atoms with Crippen molar-refractivity contribution in [3.05, 3.63) is 232 Å². The normalized spacial score (nSPS) is 15.5. The highest BCUT2D eigenvalue weighted by Gasteiger charge is 2.51. The minimum Gasteiger partial charge on any atom is -0.508 e. The molecule has 0 fully saturated rings. The van der Waals surface area contributed by atoms with Gasteiger partial charge in [-0.3, -0.25) is 0 Å². The summed E-state index contributed by atoms with van der Waals surface area (Å²) >= 11 is 0. The Morgan fingerprint density at radius 1 is 0.236 bits per heavy atom. The van der Waals surface area contributed by atoms with Crippen LogP contribution < -0.4 is 0 Å². The Labute approximate surface area is 885 Å². The van der Waals surface area contributed by atoms with E-state index in [1.807, 2.05) is 44.4 Å². The van der Waals surface area contributed by atoms with Gasteiger partial charge in [0, 0.05) is 48.2 Å². The van der Waals surface area contributed by atoms with Gasteiger partial charge in [0.05, 0.1) is 145 Å². The van der Waals surface area contributed by atoms with Gasteiger partial charge >= 0.3 is 0 Å². The maximum atomic E-state index is 11.2. The van der Waals surface area contributed by atoms with E-state index in [1.54, 1.807) is 96.1 Å². The van der Waals surface area contributed by atoms with Crippen LogP contribution in [0.25, 0.3) is 0 Å². The van der Waals surface area contributed by atoms with Gasteiger partial charge in [-0.05, 0) is 352 Å². The van der Waals surface area contributed by atoms with Gasteiger partial charge in [-0.2, -0.15) is 0 Å². The third-order valence-corrected chi connectivity index (χ3v) is 32.5. The highest BCUT2D eigenvalue weighted by atomic mass is 16.3. The smallest absolute Gasteiger partial charge is 0.157 e. The van der Waals surface area contributed by atoms with E-state index in [4.69, 9.17) is 0 Å². The molecule has 830 valence electrons. The minimum atomic E-state index is -1.26. The Morgan fingerprint density at radius 3 is 0.784 bits per heavy atom. The first-order chi connectivity index (χ1) is 66.3. The van der Waals surface area contributed by atoms with Crippen molar-refractivity contribution in [1.29, 1.82) is 0 Å². The molecule has 0 aliphatic rings. The minimum absolute atomic E-state index is 0.000712. The monoisotopic (exact) mass is 2070 g/mol. The summed E-state index contributed by atoms with van der Waals surface area (Å²) in [5, 5.41) is 218. The van der Waals surface area contributed by atoms with Gasteiger partial charge < -0.3 is 144 Å². The molecule has 0 heterocycles. The second-order valence-electron chi connectivity index (χ2n) is 51.8. The number of quaternary nitrogens is 7. The van der Waals surface area contributed by atoms with E-state index in [0.29, 0.717) is 104 Å². The largest absolute Gasteiger partial charge is 0.508 e. The highest BCUT2D eigenvalue weighted by molar-refractivity contribution is 5.46. The molecule has 0 bridgehead atoms. The fourth-order valence-electron chi connectivity index (χ4n) is 17.2. The molecule has 9 aromatic carbocycles. The van der Waals surface area contributed by atoms with Crippen molar-refractivity contribution < 1.29 is 144 Å². The molecule has 9 aromatic rings. The number of nitrogens with zero attached hydrogens (tertiary/aromatic N) is 7. The average molecular weight is 2070 g/mol. The molecule has 29 heteroatoms. The van der Waals surface area contributed by atoms with Gasteiger partial charge in [-0.15, -0.1) is 0 Å². The molecule has 148 heavy (non-hydrogen) atoms. The van der Waals surface area contributed by atoms with Gasteiger partial charge in [-0.1, -0.05) is 37.3 Å². The quantitative estimate of drug-likeness (QED) is 0.0153. The number of aliphatic hydroxyl groups is 7. The lowest BCUT2D eigenvalue weighted by Gasteiger charge is -2.52. The summed E-state index contributed by atoms with van der Waals surface area (Å²) in [5.74, 6) is -0.387. The van der Waals surface area contributed by atoms with Crippen molar-refractivity contribution in [1.82, 2.24) is 0 Å². The van der Waals surface area contributed by atoms with Crippen LogP contribution in [0.15, 0.2) is 176 Å². The predicted molar refractivity (Wildman–Crippen MR) is 592 cm³/mol. The summed E-state index contributed by atoms with van der Waals surface area (Å²) < 4.78 is 4.41. The molecule has 0 amide bonds. The molecule has 0 saturated heterocycles. The Bertz CT molecular complexity index is 5470. The summed E-state index contributed by atoms with van der Waals surface area (Å²) in [6.07, 6.45) is 3.63. The Kier molecular flexibility index (Phi) is 43.0. The SMILES string of the molecule is CC(C)(CCc1ccc(O)cc1)[N+](C)(C)CCc1ccc(O)c(O)c1.CC(O)(C[N+](C)(C)C(C)(C)C)c1cc(O)cc(O)c1.CC(O)(C[N+](C)(C)C(C)(C)C)c1cc(O)cc(O)c1.CC(O)(C[N+](C)(C)C(C)(C)C)c1cc(O)cc(O)c1.CC(O)(C[N+](C)(C)C(C)(C)C)c1ccc(O)c(CO)c1.CC(O)(C[N+](C)(C)C(C)(C)c1ccc(O)cc1)c1cc(O)cc(O)c1.CCC(C(C)(O)c1ccc(O)c(O)c1)[N+](C)(C)C(C)(C)C. The van der Waals surface area contributed by atoms with Crippen LogP contribution in [0.4, 0.5) is 0 Å². The second-order valence-corrected chi connectivity index (χ2v) is 51.8. The molecule has 9 rings (SSSR count). The third-order valence-electron chi connectivity index (χ3n) is 32.5. The predicted octanol–water partition coefficient (Wildman–Crippen LogP) is 18.3. The van der Waals surface area contributed by atoms with Crippen LogP contribution in [0.2, 0.25) is 0 Å². The van der Waals surface area contributed by atoms with E-state index >= 15 is 0 Å². The topological polar surface area (TPSA) is 445 Å². The number of aromatic hydroxyl groups is 15. The van der Waals surface area contributed by atoms with Crippen molar-refractivity contribution in [2.24, 2.45) is 0 Å². The molecular formula is C119H194N7O22+7. The summed E-state index contributed by atoms with van der Waals surface area (Å²) in [7, 11) is 29.2. The van der Waals surface area contributed by atoms with Crippen LogP contribution in [-0.4, -0.2) is 321 Å². The molecule has 0 saturated carbocycles. The first-order valence-electron chi connectivity index (χ1n) is 50.6. The van der Waals surface area contributed by atoms with E-state index in [1.165, 1.54) is 96.6 Å². The molecule has 0 radical (unpaired) electrons. The van der Waals surface area contributed by atoms with Crippen molar-refractivity contribution in [3.63, 3.8) is 0 Å². The fraction of sp³-hybridized carbons (Fsp3) is 0.546. The van der Waals surface area contributed by atoms with E-state index in [2.05, 4.69) is 223 Å². The maximum Gasteiger partial charge on any atom is 0.157 e. The molecular weight excluding hydrogens is 1880 g/mol. The second kappa shape index (κ2) is 48.4. The maximum absolute atomic E-state index is 11.2. The molecule has 7 atom stereocenters. The number of hydrogen-bond donors (Lipinski definition) is 22. The van der Waals surface area contributed by atoms with Crippen molar-refractivity contribution in [2.75, 3.05) is 138 Å². The van der Waals surface area contributed by atoms with Crippen LogP contribution in [0.5, 0.6) is 86.2 Å². The number of phenols is 15. The number of rotatable bonds is 29. The lowest BCUT2D eigenvalue weighted by atomic mass is 9.82. The Hall–Kier alpha value is -10.6. The summed E-state index contributed by atoms with van der Waals surface area (Å²) in [6.45, 7) is 56.0. The van der Waals surface area contributed by atoms with E-state index in [-0.39, 0.29) is 132 Å². The number of benzene rings is 9. The fourth-order valence-corrected chi connectivity index (χ4v) is 17.2. The van der Waals surface area contributed by atoms with Crippen LogP contribution in [-0.2, 0) is 58.6 Å². The van der Waals surface area contributed by atoms with Gasteiger partial charge in [0.2, 0.25) is 0 Å². The standard InChI is InChI=1S/C21H29NO3.C20H27NO4.C17H29NO3.C16H27NO3.3C15H25NO3/c1-21(2,13-11-16-5-8-18(23)9-6-16)22(3,4)14-12-17-7-10-19(24)20(25)15-17;1-19(2,14-6-8-16(22)9-7-14)21(4,5)13-20(3,25)15-10-17(23)12-18(24)11-15;1-8-15(18(6,7)16(2,3)4)17(5,21)12-9-10-13(19)14(20)11-12;1-15(2,3)17(5,6)11-16(4,20)13-7-8-14(19)12(9-13)10-18;3*1-14(2,3)16(5,6)10-15(4,19)11-7-12(17)9-13(18)8-11/h5-10,15H,11-14H2,1-4H3,(H2-,23,24,25);6-12,25H,13H2,1-5H3,(H2-,22,23,24);9-11,15,21H,8H2,1-7H3,(H-,19,20);7-9,18,20H,10-11H2,1-6H3;3*7-9,19H,10H2,1-6H3,(H-,17,18)/p+7. The van der Waals surface area contributed by atoms with Crippen molar-refractivity contribution >= 4 is 0 Å². The molecule has 7 unspecified atom stereocenters. The molecule has 0 aliphatic carbocycles. The molecule has 0 aliphatic heterocycles. The van der Waals surface area contributed by atoms with Gasteiger partial charge in [0.1, 0.15) is 141 Å². The summed E-state index contributed by atoms with van der Waals surface area (Å²) in [5.41, 5.74) is -0.147. The number of aryl methyl sites for hydroxylation is 1. The van der Waals surface area contributed by atoms with Crippen LogP contribution >= 0.6 is 0 Å². The van der Waals surface area contributed by atoms with E-state index in [9.17, 15) is 112 Å². The molecule has 0 spiro atoms. The zero-order valence-corrected chi connectivity index (χ0v) is 97.1. The first-order valence-corrected chi connectivity index (χ1v) is 50.6. The number of aliphatic hydroxyl groups excluding tert-OH is 1. The van der Waals surface area contributed by atoms with E-state index < -0.39 is 33.6 Å². The number of phenolic OH excluding ortho intramolecular Hbond substituents is 14. The van der Waals surface area contributed by atoms with Gasteiger partial charge in [-0.25, -0.2) is 0 Å². The zero-order valence-electron chi connectivity index (χ0n) is 97.1. The molecule has 22 N–H and O–H groups in total. The average Bonchev–Trinajstić information content (AvgIpc) is 0.738. The highest BCUT2D eigenvalue weighted by Crippen LogP contribution is 2.45. The van der Waals surface area contributed by atoms with Crippen LogP contribution in [0.1, 0.15) is 248 Å². The first kappa shape index (κ1) is 132. The van der Waals surface area contributed by atoms with Crippen LogP contribution in [0.3, 0.4) is 0 Å². The third kappa shape index (κ3) is 36.4. The van der Waals surface area contributed by atoms with E-state index in [0.717, 1.165) is 47.8 Å². The van der Waals surface area contributed by atoms with Gasteiger partial charge in [0.15, 0.2) is 23.0 Å².